The number of halogens is 1. The molecule has 5 nitrogen and oxygen atoms in total. The quantitative estimate of drug-likeness (QED) is 0.736. The van der Waals surface area contributed by atoms with Gasteiger partial charge in [-0.05, 0) is 44.9 Å². The third-order valence-electron chi connectivity index (χ3n) is 4.05. The average Bonchev–Trinajstić information content (AvgIpc) is 2.54. The molecular formula is C18H26ClN3O2. The summed E-state index contributed by atoms with van der Waals surface area (Å²) in [6, 6.07) is 5.48. The van der Waals surface area contributed by atoms with Crippen molar-refractivity contribution < 1.29 is 9.59 Å². The first-order chi connectivity index (χ1) is 11.5. The summed E-state index contributed by atoms with van der Waals surface area (Å²) in [7, 11) is 0. The highest BCUT2D eigenvalue weighted by molar-refractivity contribution is 6.34. The first-order valence-electron chi connectivity index (χ1n) is 8.59. The topological polar surface area (TPSA) is 70.2 Å². The van der Waals surface area contributed by atoms with E-state index in [1.165, 1.54) is 6.42 Å². The lowest BCUT2D eigenvalue weighted by Crippen LogP contribution is -2.36. The summed E-state index contributed by atoms with van der Waals surface area (Å²) in [6.45, 7) is 3.98. The van der Waals surface area contributed by atoms with Gasteiger partial charge in [0.25, 0.3) is 5.91 Å². The fraction of sp³-hybridized carbons (Fsp3) is 0.556. The highest BCUT2D eigenvalue weighted by Gasteiger charge is 2.18. The van der Waals surface area contributed by atoms with E-state index in [1.807, 2.05) is 13.8 Å². The molecule has 1 aromatic rings. The van der Waals surface area contributed by atoms with Crippen LogP contribution >= 0.6 is 11.6 Å². The molecule has 0 bridgehead atoms. The largest absolute Gasteiger partial charge is 0.376 e. The van der Waals surface area contributed by atoms with Crippen molar-refractivity contribution in [2.45, 2.75) is 58.0 Å². The summed E-state index contributed by atoms with van der Waals surface area (Å²) >= 11 is 6.17. The Kier molecular flexibility index (Phi) is 6.91. The molecule has 24 heavy (non-hydrogen) atoms. The lowest BCUT2D eigenvalue weighted by molar-refractivity contribution is -0.119. The number of nitrogens with one attached hydrogen (secondary N) is 3. The summed E-state index contributed by atoms with van der Waals surface area (Å²) in [5.74, 6) is -0.240. The average molecular weight is 352 g/mol. The van der Waals surface area contributed by atoms with Gasteiger partial charge in [0.15, 0.2) is 0 Å². The predicted octanol–water partition coefficient (Wildman–Crippen LogP) is 3.34. The van der Waals surface area contributed by atoms with Crippen LogP contribution in [0, 0.1) is 0 Å². The molecule has 3 N–H and O–H groups in total. The first-order valence-corrected chi connectivity index (χ1v) is 8.97. The molecule has 1 fully saturated rings. The maximum absolute atomic E-state index is 12.5. The lowest BCUT2D eigenvalue weighted by atomic mass is 9.95. The van der Waals surface area contributed by atoms with Crippen molar-refractivity contribution in [3.05, 3.63) is 28.8 Å². The van der Waals surface area contributed by atoms with Crippen LogP contribution < -0.4 is 16.0 Å². The van der Waals surface area contributed by atoms with E-state index >= 15 is 0 Å². The molecule has 1 aliphatic carbocycles. The number of benzene rings is 1. The second-order valence-electron chi connectivity index (χ2n) is 6.58. The maximum atomic E-state index is 12.5. The van der Waals surface area contributed by atoms with Crippen LogP contribution in [-0.4, -0.2) is 30.4 Å². The van der Waals surface area contributed by atoms with E-state index in [-0.39, 0.29) is 30.4 Å². The van der Waals surface area contributed by atoms with Gasteiger partial charge in [-0.1, -0.05) is 30.9 Å². The van der Waals surface area contributed by atoms with Gasteiger partial charge in [0, 0.05) is 17.8 Å². The molecule has 0 atom stereocenters. The molecule has 0 spiro atoms. The van der Waals surface area contributed by atoms with Crippen molar-refractivity contribution in [3.63, 3.8) is 0 Å². The number of rotatable bonds is 6. The van der Waals surface area contributed by atoms with Crippen LogP contribution in [0.3, 0.4) is 0 Å². The van der Waals surface area contributed by atoms with Gasteiger partial charge in [0.2, 0.25) is 5.91 Å². The van der Waals surface area contributed by atoms with E-state index in [4.69, 9.17) is 11.6 Å². The fourth-order valence-corrected chi connectivity index (χ4v) is 3.08. The molecule has 2 rings (SSSR count). The van der Waals surface area contributed by atoms with Crippen LogP contribution in [0.25, 0.3) is 0 Å². The van der Waals surface area contributed by atoms with E-state index in [9.17, 15) is 9.59 Å². The Bertz CT molecular complexity index is 584. The molecule has 0 saturated heterocycles. The Morgan fingerprint density at radius 2 is 1.92 bits per heavy atom. The third kappa shape index (κ3) is 5.71. The molecule has 0 radical (unpaired) electrons. The van der Waals surface area contributed by atoms with E-state index < -0.39 is 0 Å². The lowest BCUT2D eigenvalue weighted by Gasteiger charge is -2.23. The molecule has 0 unspecified atom stereocenters. The third-order valence-corrected chi connectivity index (χ3v) is 4.38. The van der Waals surface area contributed by atoms with Gasteiger partial charge in [-0.25, -0.2) is 0 Å². The Balaban J connectivity index is 1.96. The monoisotopic (exact) mass is 351 g/mol. The summed E-state index contributed by atoms with van der Waals surface area (Å²) in [6.07, 6.45) is 5.61. The second kappa shape index (κ2) is 8.92. The predicted molar refractivity (Wildman–Crippen MR) is 97.6 cm³/mol. The molecule has 1 saturated carbocycles. The van der Waals surface area contributed by atoms with Crippen LogP contribution in [0.4, 0.5) is 5.69 Å². The number of hydrogen-bond donors (Lipinski definition) is 3. The van der Waals surface area contributed by atoms with Crippen molar-refractivity contribution in [2.24, 2.45) is 0 Å². The zero-order chi connectivity index (χ0) is 17.5. The van der Waals surface area contributed by atoms with Crippen molar-refractivity contribution in [1.29, 1.82) is 0 Å². The summed E-state index contributed by atoms with van der Waals surface area (Å²) < 4.78 is 0. The molecule has 0 heterocycles. The molecule has 1 aromatic carbocycles. The summed E-state index contributed by atoms with van der Waals surface area (Å²) in [5, 5.41) is 9.32. The van der Waals surface area contributed by atoms with Gasteiger partial charge in [-0.3, -0.25) is 9.59 Å². The van der Waals surface area contributed by atoms with E-state index in [0.29, 0.717) is 16.3 Å². The number of hydrogen-bond acceptors (Lipinski definition) is 3. The van der Waals surface area contributed by atoms with Crippen LogP contribution in [0.15, 0.2) is 18.2 Å². The molecule has 2 amide bonds. The van der Waals surface area contributed by atoms with E-state index in [1.54, 1.807) is 18.2 Å². The van der Waals surface area contributed by atoms with Crippen molar-refractivity contribution >= 4 is 29.1 Å². The van der Waals surface area contributed by atoms with Gasteiger partial charge >= 0.3 is 0 Å². The molecule has 0 aliphatic heterocycles. The maximum Gasteiger partial charge on any atom is 0.253 e. The van der Waals surface area contributed by atoms with Gasteiger partial charge in [-0.15, -0.1) is 0 Å². The zero-order valence-corrected chi connectivity index (χ0v) is 15.1. The summed E-state index contributed by atoms with van der Waals surface area (Å²) in [5.41, 5.74) is 1.14. The van der Waals surface area contributed by atoms with Gasteiger partial charge < -0.3 is 16.0 Å². The molecule has 1 aliphatic rings. The van der Waals surface area contributed by atoms with Crippen LogP contribution in [0.5, 0.6) is 0 Å². The zero-order valence-electron chi connectivity index (χ0n) is 14.3. The highest BCUT2D eigenvalue weighted by atomic mass is 35.5. The van der Waals surface area contributed by atoms with Gasteiger partial charge in [0.1, 0.15) is 0 Å². The van der Waals surface area contributed by atoms with Crippen molar-refractivity contribution in [1.82, 2.24) is 10.6 Å². The Hall–Kier alpha value is -1.75. The van der Waals surface area contributed by atoms with Crippen molar-refractivity contribution in [2.75, 3.05) is 11.9 Å². The van der Waals surface area contributed by atoms with Crippen LogP contribution in [0.2, 0.25) is 5.02 Å². The Morgan fingerprint density at radius 1 is 1.21 bits per heavy atom. The SMILES string of the molecule is CC(C)NC(=O)CNc1ccc(Cl)c(C(=O)NC2CCCCC2)c1. The van der Waals surface area contributed by atoms with Gasteiger partial charge in [-0.2, -0.15) is 0 Å². The molecule has 0 aromatic heterocycles. The van der Waals surface area contributed by atoms with E-state index in [0.717, 1.165) is 25.7 Å². The highest BCUT2D eigenvalue weighted by Crippen LogP contribution is 2.22. The minimum absolute atomic E-state index is 0.0897. The molecule has 132 valence electrons. The molecular weight excluding hydrogens is 326 g/mol. The normalized spacial score (nSPS) is 15.2. The second-order valence-corrected chi connectivity index (χ2v) is 6.99. The first kappa shape index (κ1) is 18.6. The number of carbonyl (C=O) groups is 2. The smallest absolute Gasteiger partial charge is 0.253 e. The minimum Gasteiger partial charge on any atom is -0.376 e. The van der Waals surface area contributed by atoms with Gasteiger partial charge in [0.05, 0.1) is 17.1 Å². The Morgan fingerprint density at radius 3 is 2.58 bits per heavy atom. The Labute approximate surface area is 148 Å². The number of amides is 2. The standard InChI is InChI=1S/C18H26ClN3O2/c1-12(2)21-17(23)11-20-14-8-9-16(19)15(10-14)18(24)22-13-6-4-3-5-7-13/h8-10,12-13,20H,3-7,11H2,1-2H3,(H,21,23)(H,22,24). The number of anilines is 1. The number of carbonyl (C=O) groups excluding carboxylic acids is 2. The van der Waals surface area contributed by atoms with Crippen molar-refractivity contribution in [3.8, 4) is 0 Å². The molecule has 6 heteroatoms. The fourth-order valence-electron chi connectivity index (χ4n) is 2.87. The van der Waals surface area contributed by atoms with Crippen LogP contribution in [-0.2, 0) is 4.79 Å². The summed E-state index contributed by atoms with van der Waals surface area (Å²) in [4.78, 5) is 24.2. The van der Waals surface area contributed by atoms with E-state index in [2.05, 4.69) is 16.0 Å². The minimum atomic E-state index is -0.151. The van der Waals surface area contributed by atoms with Crippen LogP contribution in [0.1, 0.15) is 56.3 Å².